The van der Waals surface area contributed by atoms with Crippen molar-refractivity contribution in [2.24, 2.45) is 14.1 Å². The largest absolute Gasteiger partial charge is 0.296 e. The van der Waals surface area contributed by atoms with Gasteiger partial charge in [-0.15, -0.1) is 0 Å². The fourth-order valence-electron chi connectivity index (χ4n) is 3.38. The molecule has 3 aromatic heterocycles. The summed E-state index contributed by atoms with van der Waals surface area (Å²) >= 11 is 6.68. The molecule has 3 heterocycles. The van der Waals surface area contributed by atoms with E-state index in [0.717, 1.165) is 20.9 Å². The summed E-state index contributed by atoms with van der Waals surface area (Å²) in [6, 6.07) is 13.1. The maximum absolute atomic E-state index is 11.2. The average molecular weight is 544 g/mol. The summed E-state index contributed by atoms with van der Waals surface area (Å²) in [5.41, 5.74) is 2.97. The van der Waals surface area contributed by atoms with Crippen LogP contribution in [0.4, 0.5) is 5.69 Å². The fourth-order valence-corrected chi connectivity index (χ4v) is 4.34. The summed E-state index contributed by atoms with van der Waals surface area (Å²) in [6.45, 7) is 0. The number of hydrogen-bond acceptors (Lipinski definition) is 5. The Labute approximate surface area is 193 Å². The molecule has 5 rings (SSSR count). The molecule has 156 valence electrons. The normalized spacial score (nSPS) is 10.8. The molecular formula is C21H16Br2N6O2. The predicted molar refractivity (Wildman–Crippen MR) is 127 cm³/mol. The predicted octanol–water partition coefficient (Wildman–Crippen LogP) is 5.64. The summed E-state index contributed by atoms with van der Waals surface area (Å²) in [5, 5.41) is 21.6. The van der Waals surface area contributed by atoms with Gasteiger partial charge in [-0.05, 0) is 37.9 Å². The molecule has 0 aliphatic rings. The summed E-state index contributed by atoms with van der Waals surface area (Å²) in [7, 11) is 3.74. The number of para-hydroxylation sites is 2. The number of benzene rings is 2. The van der Waals surface area contributed by atoms with Gasteiger partial charge in [-0.2, -0.15) is 10.2 Å². The quantitative estimate of drug-likeness (QED) is 0.212. The highest BCUT2D eigenvalue weighted by Crippen LogP contribution is 2.34. The second-order valence-corrected chi connectivity index (χ2v) is 8.51. The lowest BCUT2D eigenvalue weighted by Crippen LogP contribution is -1.97. The minimum atomic E-state index is -0.428. The van der Waals surface area contributed by atoms with Crippen LogP contribution in [0.2, 0.25) is 0 Å². The van der Waals surface area contributed by atoms with Crippen molar-refractivity contribution in [2.45, 2.75) is 0 Å². The first-order valence-electron chi connectivity index (χ1n) is 9.14. The maximum Gasteiger partial charge on any atom is 0.296 e. The Balaban J connectivity index is 0.000000177. The van der Waals surface area contributed by atoms with E-state index < -0.39 is 4.92 Å². The van der Waals surface area contributed by atoms with Gasteiger partial charge in [0, 0.05) is 51.6 Å². The number of nitro groups is 1. The number of halogens is 2. The van der Waals surface area contributed by atoms with E-state index in [4.69, 9.17) is 0 Å². The molecule has 0 radical (unpaired) electrons. The molecule has 0 N–H and O–H groups in total. The van der Waals surface area contributed by atoms with Crippen molar-refractivity contribution < 1.29 is 4.92 Å². The molecule has 0 aliphatic heterocycles. The number of rotatable bonds is 2. The van der Waals surface area contributed by atoms with Crippen molar-refractivity contribution in [2.75, 3.05) is 0 Å². The number of hydrogen-bond donors (Lipinski definition) is 0. The molecule has 8 nitrogen and oxygen atoms in total. The molecule has 31 heavy (non-hydrogen) atoms. The highest BCUT2D eigenvalue weighted by Gasteiger charge is 2.20. The van der Waals surface area contributed by atoms with Crippen LogP contribution in [0, 0.1) is 10.1 Å². The monoisotopic (exact) mass is 542 g/mol. The third kappa shape index (κ3) is 4.08. The first kappa shape index (κ1) is 21.1. The lowest BCUT2D eigenvalue weighted by molar-refractivity contribution is -0.384. The highest BCUT2D eigenvalue weighted by molar-refractivity contribution is 9.11. The number of fused-ring (bicyclic) bond motifs is 2. The third-order valence-corrected chi connectivity index (χ3v) is 5.83. The van der Waals surface area contributed by atoms with E-state index in [1.54, 1.807) is 24.1 Å². The van der Waals surface area contributed by atoms with Crippen LogP contribution < -0.4 is 0 Å². The molecule has 0 atom stereocenters. The van der Waals surface area contributed by atoms with Crippen LogP contribution in [0.3, 0.4) is 0 Å². The Morgan fingerprint density at radius 1 is 0.903 bits per heavy atom. The van der Waals surface area contributed by atoms with Gasteiger partial charge in [0.1, 0.15) is 5.69 Å². The van der Waals surface area contributed by atoms with Crippen molar-refractivity contribution in [3.05, 3.63) is 80.1 Å². The second kappa shape index (κ2) is 8.56. The Morgan fingerprint density at radius 3 is 2.16 bits per heavy atom. The van der Waals surface area contributed by atoms with Gasteiger partial charge in [0.25, 0.3) is 5.69 Å². The number of aryl methyl sites for hydroxylation is 2. The molecule has 0 amide bonds. The average Bonchev–Trinajstić information content (AvgIpc) is 3.32. The van der Waals surface area contributed by atoms with Gasteiger partial charge in [-0.1, -0.05) is 30.3 Å². The summed E-state index contributed by atoms with van der Waals surface area (Å²) in [6.07, 6.45) is 5.14. The third-order valence-electron chi connectivity index (χ3n) is 4.76. The molecule has 0 fully saturated rings. The van der Waals surface area contributed by atoms with Gasteiger partial charge >= 0.3 is 0 Å². The van der Waals surface area contributed by atoms with Crippen LogP contribution in [0.25, 0.3) is 33.1 Å². The van der Waals surface area contributed by atoms with E-state index >= 15 is 0 Å². The van der Waals surface area contributed by atoms with Crippen LogP contribution in [0.15, 0.2) is 70.0 Å². The Morgan fingerprint density at radius 2 is 1.52 bits per heavy atom. The van der Waals surface area contributed by atoms with Gasteiger partial charge in [0.05, 0.1) is 28.4 Å². The van der Waals surface area contributed by atoms with Gasteiger partial charge in [0.15, 0.2) is 0 Å². The minimum absolute atomic E-state index is 0.0342. The highest BCUT2D eigenvalue weighted by atomic mass is 79.9. The molecule has 0 unspecified atom stereocenters. The molecule has 0 aliphatic carbocycles. The van der Waals surface area contributed by atoms with Crippen LogP contribution in [0.5, 0.6) is 0 Å². The van der Waals surface area contributed by atoms with Crippen LogP contribution in [-0.4, -0.2) is 29.5 Å². The fraction of sp³-hybridized carbons (Fsp3) is 0.0952. The van der Waals surface area contributed by atoms with Crippen molar-refractivity contribution in [3.8, 4) is 11.3 Å². The van der Waals surface area contributed by atoms with Crippen molar-refractivity contribution in [1.29, 1.82) is 0 Å². The second-order valence-electron chi connectivity index (χ2n) is 6.74. The van der Waals surface area contributed by atoms with Crippen LogP contribution >= 0.6 is 31.9 Å². The van der Waals surface area contributed by atoms with E-state index in [9.17, 15) is 10.1 Å². The van der Waals surface area contributed by atoms with E-state index in [0.29, 0.717) is 15.7 Å². The Bertz CT molecular complexity index is 1430. The molecule has 0 saturated heterocycles. The van der Waals surface area contributed by atoms with E-state index in [2.05, 4.69) is 47.0 Å². The zero-order valence-electron chi connectivity index (χ0n) is 16.5. The van der Waals surface area contributed by atoms with E-state index in [1.165, 1.54) is 11.5 Å². The van der Waals surface area contributed by atoms with Crippen molar-refractivity contribution >= 4 is 59.4 Å². The van der Waals surface area contributed by atoms with Crippen LogP contribution in [-0.2, 0) is 14.1 Å². The van der Waals surface area contributed by atoms with Gasteiger partial charge in [-0.25, -0.2) is 4.98 Å². The minimum Gasteiger partial charge on any atom is -0.267 e. The van der Waals surface area contributed by atoms with Crippen molar-refractivity contribution in [1.82, 2.24) is 24.5 Å². The number of aromatic nitrogens is 5. The van der Waals surface area contributed by atoms with E-state index in [1.807, 2.05) is 54.3 Å². The van der Waals surface area contributed by atoms with Crippen molar-refractivity contribution in [3.63, 3.8) is 0 Å². The van der Waals surface area contributed by atoms with Gasteiger partial charge < -0.3 is 0 Å². The summed E-state index contributed by atoms with van der Waals surface area (Å²) in [5.74, 6) is 0. The Hall–Kier alpha value is -3.11. The van der Waals surface area contributed by atoms with Gasteiger partial charge in [-0.3, -0.25) is 19.5 Å². The lowest BCUT2D eigenvalue weighted by atomic mass is 10.1. The Kier molecular flexibility index (Phi) is 5.84. The lowest BCUT2D eigenvalue weighted by Gasteiger charge is -2.06. The zero-order valence-corrected chi connectivity index (χ0v) is 19.7. The SMILES string of the molecule is Cn1ncc2cccc(-c3ncc(Br)cc3[N+](=O)[O-])c21.Cn1ncc2cccc(Br)c21. The molecular weight excluding hydrogens is 528 g/mol. The zero-order chi connectivity index (χ0) is 22.1. The molecule has 2 aromatic carbocycles. The topological polar surface area (TPSA) is 91.7 Å². The smallest absolute Gasteiger partial charge is 0.267 e. The number of pyridine rings is 1. The maximum atomic E-state index is 11.2. The molecule has 10 heteroatoms. The summed E-state index contributed by atoms with van der Waals surface area (Å²) < 4.78 is 5.22. The van der Waals surface area contributed by atoms with Crippen LogP contribution in [0.1, 0.15) is 0 Å². The van der Waals surface area contributed by atoms with E-state index in [-0.39, 0.29) is 5.69 Å². The molecule has 0 bridgehead atoms. The standard InChI is InChI=1S/C13H9BrN4O2.C8H7BrN2/c1-17-13-8(6-16-17)3-2-4-10(13)12-11(18(19)20)5-9(14)7-15-12;1-11-8-6(5-10-11)3-2-4-7(8)9/h2-7H,1H3;2-5H,1H3. The first-order chi connectivity index (χ1) is 14.9. The molecule has 5 aromatic rings. The first-order valence-corrected chi connectivity index (χ1v) is 10.7. The number of nitrogens with zero attached hydrogens (tertiary/aromatic N) is 6. The summed E-state index contributed by atoms with van der Waals surface area (Å²) in [4.78, 5) is 15.0. The van der Waals surface area contributed by atoms with Gasteiger partial charge in [0.2, 0.25) is 0 Å². The molecule has 0 spiro atoms. The molecule has 0 saturated carbocycles.